The van der Waals surface area contributed by atoms with Gasteiger partial charge in [0.15, 0.2) is 0 Å². The molecule has 0 amide bonds. The van der Waals surface area contributed by atoms with Gasteiger partial charge in [-0.05, 0) is 56.8 Å². The van der Waals surface area contributed by atoms with Crippen molar-refractivity contribution in [2.45, 2.75) is 70.0 Å². The molecule has 0 aromatic rings. The van der Waals surface area contributed by atoms with Crippen LogP contribution in [0.15, 0.2) is 0 Å². The lowest BCUT2D eigenvalue weighted by atomic mass is 9.68. The van der Waals surface area contributed by atoms with Crippen LogP contribution in [0.1, 0.15) is 58.3 Å². The minimum absolute atomic E-state index is 0.0778. The Labute approximate surface area is 86.3 Å². The minimum Gasteiger partial charge on any atom is -0.393 e. The van der Waals surface area contributed by atoms with Gasteiger partial charge < -0.3 is 10.2 Å². The smallest absolute Gasteiger partial charge is 0.0701 e. The Kier molecular flexibility index (Phi) is 2.61. The molecule has 2 heteroatoms. The molecule has 2 aliphatic rings. The average Bonchev–Trinajstić information content (AvgIpc) is 2.39. The fourth-order valence-corrected chi connectivity index (χ4v) is 3.35. The van der Waals surface area contributed by atoms with Crippen LogP contribution in [0.5, 0.6) is 0 Å². The Hall–Kier alpha value is -0.0800. The van der Waals surface area contributed by atoms with Crippen LogP contribution >= 0.6 is 0 Å². The number of hydrogen-bond acceptors (Lipinski definition) is 2. The van der Waals surface area contributed by atoms with Crippen molar-refractivity contribution in [3.05, 3.63) is 0 Å². The monoisotopic (exact) mass is 198 g/mol. The lowest BCUT2D eigenvalue weighted by molar-refractivity contribution is -0.0784. The van der Waals surface area contributed by atoms with Crippen LogP contribution in [-0.4, -0.2) is 21.9 Å². The molecule has 2 fully saturated rings. The average molecular weight is 198 g/mol. The Balaban J connectivity index is 2.14. The first-order chi connectivity index (χ1) is 6.56. The van der Waals surface area contributed by atoms with E-state index in [-0.39, 0.29) is 11.5 Å². The second-order valence-corrected chi connectivity index (χ2v) is 5.53. The molecule has 0 aromatic carbocycles. The molecule has 0 heterocycles. The van der Waals surface area contributed by atoms with Crippen LogP contribution < -0.4 is 0 Å². The summed E-state index contributed by atoms with van der Waals surface area (Å²) in [5.74, 6) is 0. The summed E-state index contributed by atoms with van der Waals surface area (Å²) < 4.78 is 0. The number of aliphatic hydroxyl groups excluding tert-OH is 1. The molecule has 2 rings (SSSR count). The maximum Gasteiger partial charge on any atom is 0.0701 e. The Morgan fingerprint density at radius 1 is 1.00 bits per heavy atom. The summed E-state index contributed by atoms with van der Waals surface area (Å²) in [5, 5.41) is 20.2. The lowest BCUT2D eigenvalue weighted by Crippen LogP contribution is -2.43. The molecule has 2 N–H and O–H groups in total. The van der Waals surface area contributed by atoms with E-state index in [1.165, 1.54) is 0 Å². The van der Waals surface area contributed by atoms with Crippen LogP contribution in [-0.2, 0) is 0 Å². The molecule has 0 spiro atoms. The van der Waals surface area contributed by atoms with Gasteiger partial charge in [0.05, 0.1) is 11.7 Å². The van der Waals surface area contributed by atoms with Crippen LogP contribution in [0.2, 0.25) is 0 Å². The molecule has 0 saturated heterocycles. The van der Waals surface area contributed by atoms with Gasteiger partial charge in [0, 0.05) is 0 Å². The summed E-state index contributed by atoms with van der Waals surface area (Å²) in [5.41, 5.74) is -0.346. The summed E-state index contributed by atoms with van der Waals surface area (Å²) in [6, 6.07) is 0. The van der Waals surface area contributed by atoms with Crippen molar-refractivity contribution in [2.24, 2.45) is 5.41 Å². The van der Waals surface area contributed by atoms with Gasteiger partial charge in [-0.2, -0.15) is 0 Å². The zero-order valence-corrected chi connectivity index (χ0v) is 9.13. The van der Waals surface area contributed by atoms with Crippen molar-refractivity contribution in [3.63, 3.8) is 0 Å². The predicted octanol–water partition coefficient (Wildman–Crippen LogP) is 2.23. The second kappa shape index (κ2) is 3.49. The van der Waals surface area contributed by atoms with Crippen molar-refractivity contribution in [1.29, 1.82) is 0 Å². The summed E-state index contributed by atoms with van der Waals surface area (Å²) in [6.07, 6.45) is 7.74. The van der Waals surface area contributed by atoms with Crippen molar-refractivity contribution < 1.29 is 10.2 Å². The van der Waals surface area contributed by atoms with Gasteiger partial charge in [0.2, 0.25) is 0 Å². The van der Waals surface area contributed by atoms with E-state index in [1.807, 2.05) is 0 Å². The minimum atomic E-state index is -0.423. The van der Waals surface area contributed by atoms with Gasteiger partial charge in [0.25, 0.3) is 0 Å². The molecule has 0 unspecified atom stereocenters. The molecule has 0 bridgehead atoms. The molecule has 0 aliphatic heterocycles. The van der Waals surface area contributed by atoms with Gasteiger partial charge >= 0.3 is 0 Å². The molecular formula is C12H22O2. The third kappa shape index (κ3) is 1.59. The first kappa shape index (κ1) is 10.4. The van der Waals surface area contributed by atoms with Crippen molar-refractivity contribution >= 4 is 0 Å². The fraction of sp³-hybridized carbons (Fsp3) is 1.00. The molecule has 2 saturated carbocycles. The SMILES string of the molecule is C[C@@]12CCC[C@]1(O)CCC[C@H](O)CC2. The third-order valence-corrected chi connectivity index (χ3v) is 4.60. The van der Waals surface area contributed by atoms with Crippen molar-refractivity contribution in [2.75, 3.05) is 0 Å². The van der Waals surface area contributed by atoms with Gasteiger partial charge in [-0.25, -0.2) is 0 Å². The summed E-state index contributed by atoms with van der Waals surface area (Å²) in [7, 11) is 0. The van der Waals surface area contributed by atoms with Gasteiger partial charge in [0.1, 0.15) is 0 Å². The Bertz CT molecular complexity index is 216. The predicted molar refractivity (Wildman–Crippen MR) is 56.0 cm³/mol. The van der Waals surface area contributed by atoms with E-state index in [9.17, 15) is 10.2 Å². The highest BCUT2D eigenvalue weighted by Gasteiger charge is 2.50. The number of rotatable bonds is 0. The zero-order chi connectivity index (χ0) is 10.2. The van der Waals surface area contributed by atoms with E-state index in [0.717, 1.165) is 51.4 Å². The topological polar surface area (TPSA) is 40.5 Å². The van der Waals surface area contributed by atoms with E-state index in [1.54, 1.807) is 0 Å². The molecular weight excluding hydrogens is 176 g/mol. The molecule has 2 nitrogen and oxygen atoms in total. The fourth-order valence-electron chi connectivity index (χ4n) is 3.35. The first-order valence-electron chi connectivity index (χ1n) is 5.96. The number of fused-ring (bicyclic) bond motifs is 1. The summed E-state index contributed by atoms with van der Waals surface area (Å²) >= 11 is 0. The number of aliphatic hydroxyl groups is 2. The maximum absolute atomic E-state index is 10.6. The highest BCUT2D eigenvalue weighted by Crippen LogP contribution is 2.52. The second-order valence-electron chi connectivity index (χ2n) is 5.53. The van der Waals surface area contributed by atoms with Crippen molar-refractivity contribution in [1.82, 2.24) is 0 Å². The molecule has 3 atom stereocenters. The van der Waals surface area contributed by atoms with Gasteiger partial charge in [-0.1, -0.05) is 6.92 Å². The highest BCUT2D eigenvalue weighted by atomic mass is 16.3. The Morgan fingerprint density at radius 2 is 1.71 bits per heavy atom. The standard InChI is InChI=1S/C12H22O2/c1-11-6-3-8-12(11,14)7-2-4-10(13)5-9-11/h10,13-14H,2-9H2,1H3/t10-,11-,12+/m0/s1. The first-order valence-corrected chi connectivity index (χ1v) is 5.96. The lowest BCUT2D eigenvalue weighted by Gasteiger charge is -2.42. The van der Waals surface area contributed by atoms with E-state index in [0.29, 0.717) is 0 Å². The van der Waals surface area contributed by atoms with Crippen LogP contribution in [0.3, 0.4) is 0 Å². The van der Waals surface area contributed by atoms with E-state index < -0.39 is 5.60 Å². The normalized spacial score (nSPS) is 49.5. The zero-order valence-electron chi connectivity index (χ0n) is 9.13. The molecule has 0 aromatic heterocycles. The van der Waals surface area contributed by atoms with Gasteiger partial charge in [-0.3, -0.25) is 0 Å². The largest absolute Gasteiger partial charge is 0.393 e. The quantitative estimate of drug-likeness (QED) is 0.626. The molecule has 0 radical (unpaired) electrons. The highest BCUT2D eigenvalue weighted by molar-refractivity contribution is 5.02. The Morgan fingerprint density at radius 3 is 2.50 bits per heavy atom. The summed E-state index contributed by atoms with van der Waals surface area (Å²) in [6.45, 7) is 2.21. The van der Waals surface area contributed by atoms with E-state index in [4.69, 9.17) is 0 Å². The maximum atomic E-state index is 10.6. The molecule has 2 aliphatic carbocycles. The van der Waals surface area contributed by atoms with E-state index >= 15 is 0 Å². The summed E-state index contributed by atoms with van der Waals surface area (Å²) in [4.78, 5) is 0. The number of hydrogen-bond donors (Lipinski definition) is 2. The van der Waals surface area contributed by atoms with Gasteiger partial charge in [-0.15, -0.1) is 0 Å². The molecule has 14 heavy (non-hydrogen) atoms. The van der Waals surface area contributed by atoms with Crippen molar-refractivity contribution in [3.8, 4) is 0 Å². The van der Waals surface area contributed by atoms with E-state index in [2.05, 4.69) is 6.92 Å². The third-order valence-electron chi connectivity index (χ3n) is 4.60. The van der Waals surface area contributed by atoms with Crippen LogP contribution in [0.4, 0.5) is 0 Å². The molecule has 82 valence electrons. The van der Waals surface area contributed by atoms with Crippen LogP contribution in [0, 0.1) is 5.41 Å². The van der Waals surface area contributed by atoms with Crippen LogP contribution in [0.25, 0.3) is 0 Å².